The molecular formula is C20H36O4S. The minimum atomic E-state index is -2.98. The second-order valence-electron chi connectivity index (χ2n) is 8.04. The minimum Gasteiger partial charge on any atom is -0.462 e. The Morgan fingerprint density at radius 3 is 2.12 bits per heavy atom. The van der Waals surface area contributed by atoms with E-state index in [1.165, 1.54) is 6.42 Å². The zero-order chi connectivity index (χ0) is 18.3. The number of ether oxygens (including phenoxy) is 1. The number of rotatable bonds is 8. The van der Waals surface area contributed by atoms with E-state index in [1.54, 1.807) is 0 Å². The highest BCUT2D eigenvalue weighted by atomic mass is 32.2. The first-order chi connectivity index (χ1) is 12.0. The van der Waals surface area contributed by atoms with Gasteiger partial charge in [0.05, 0.1) is 16.9 Å². The Kier molecular flexibility index (Phi) is 8.24. The fourth-order valence-corrected chi connectivity index (χ4v) is 6.23. The van der Waals surface area contributed by atoms with Crippen LogP contribution in [0.25, 0.3) is 0 Å². The molecule has 146 valence electrons. The lowest BCUT2D eigenvalue weighted by Crippen LogP contribution is -2.34. The predicted molar refractivity (Wildman–Crippen MR) is 101 cm³/mol. The van der Waals surface area contributed by atoms with Gasteiger partial charge in [-0.2, -0.15) is 0 Å². The van der Waals surface area contributed by atoms with Crippen LogP contribution in [-0.2, 0) is 19.4 Å². The molecule has 0 radical (unpaired) electrons. The fourth-order valence-electron chi connectivity index (χ4n) is 4.30. The molecule has 0 saturated heterocycles. The van der Waals surface area contributed by atoms with Gasteiger partial charge in [-0.1, -0.05) is 33.1 Å². The average molecular weight is 373 g/mol. The molecule has 0 spiro atoms. The van der Waals surface area contributed by atoms with Gasteiger partial charge in [-0.3, -0.25) is 4.79 Å². The molecule has 0 bridgehead atoms. The van der Waals surface area contributed by atoms with Crippen molar-refractivity contribution >= 4 is 15.8 Å². The van der Waals surface area contributed by atoms with Crippen molar-refractivity contribution in [3.63, 3.8) is 0 Å². The maximum absolute atomic E-state index is 12.4. The van der Waals surface area contributed by atoms with Crippen LogP contribution in [0.2, 0.25) is 0 Å². The van der Waals surface area contributed by atoms with Crippen LogP contribution in [0.5, 0.6) is 0 Å². The highest BCUT2D eigenvalue weighted by Gasteiger charge is 2.33. The Balaban J connectivity index is 1.72. The van der Waals surface area contributed by atoms with Crippen LogP contribution < -0.4 is 0 Å². The number of unbranched alkanes of at least 4 members (excludes halogenated alkanes) is 2. The number of esters is 1. The molecule has 5 heteroatoms. The lowest BCUT2D eigenvalue weighted by atomic mass is 9.81. The van der Waals surface area contributed by atoms with E-state index in [0.717, 1.165) is 50.9 Å². The fraction of sp³-hybridized carbons (Fsp3) is 0.950. The summed E-state index contributed by atoms with van der Waals surface area (Å²) in [5, 5.41) is -0.223. The molecule has 2 aliphatic rings. The summed E-state index contributed by atoms with van der Waals surface area (Å²) < 4.78 is 30.5. The zero-order valence-electron chi connectivity index (χ0n) is 16.0. The number of carbonyl (C=O) groups is 1. The summed E-state index contributed by atoms with van der Waals surface area (Å²) in [6, 6.07) is 0. The average Bonchev–Trinajstić information content (AvgIpc) is 2.62. The van der Waals surface area contributed by atoms with Gasteiger partial charge in [-0.25, -0.2) is 8.42 Å². The van der Waals surface area contributed by atoms with Crippen molar-refractivity contribution in [2.45, 2.75) is 102 Å². The second-order valence-corrected chi connectivity index (χ2v) is 10.4. The first kappa shape index (κ1) is 20.7. The van der Waals surface area contributed by atoms with E-state index >= 15 is 0 Å². The van der Waals surface area contributed by atoms with E-state index in [9.17, 15) is 13.2 Å². The maximum Gasteiger partial charge on any atom is 0.309 e. The van der Waals surface area contributed by atoms with Gasteiger partial charge in [0.1, 0.15) is 6.10 Å². The molecule has 2 rings (SSSR count). The number of hydrogen-bond acceptors (Lipinski definition) is 4. The first-order valence-corrected chi connectivity index (χ1v) is 12.1. The van der Waals surface area contributed by atoms with Gasteiger partial charge in [-0.15, -0.1) is 0 Å². The summed E-state index contributed by atoms with van der Waals surface area (Å²) in [7, 11) is -2.98. The van der Waals surface area contributed by atoms with E-state index in [-0.39, 0.29) is 23.2 Å². The molecule has 0 heterocycles. The minimum absolute atomic E-state index is 0.0381. The number of sulfone groups is 1. The Hall–Kier alpha value is -0.580. The largest absolute Gasteiger partial charge is 0.462 e. The van der Waals surface area contributed by atoms with Crippen LogP contribution in [0.4, 0.5) is 0 Å². The SMILES string of the molecule is CCCCCS(=O)(=O)C1CCC(OC(=O)C2CCC(CC)CC2)CC1. The third-order valence-electron chi connectivity index (χ3n) is 6.20. The van der Waals surface area contributed by atoms with Crippen molar-refractivity contribution in [3.8, 4) is 0 Å². The van der Waals surface area contributed by atoms with Gasteiger partial charge in [0.25, 0.3) is 0 Å². The highest BCUT2D eigenvalue weighted by molar-refractivity contribution is 7.92. The topological polar surface area (TPSA) is 60.4 Å². The Morgan fingerprint density at radius 2 is 1.56 bits per heavy atom. The molecule has 0 unspecified atom stereocenters. The third-order valence-corrected chi connectivity index (χ3v) is 8.55. The van der Waals surface area contributed by atoms with Gasteiger partial charge in [0.2, 0.25) is 0 Å². The molecule has 0 aromatic carbocycles. The van der Waals surface area contributed by atoms with Crippen molar-refractivity contribution < 1.29 is 17.9 Å². The summed E-state index contributed by atoms with van der Waals surface area (Å²) in [6.07, 6.45) is 10.8. The lowest BCUT2D eigenvalue weighted by Gasteiger charge is -2.31. The molecule has 0 N–H and O–H groups in total. The van der Waals surface area contributed by atoms with Crippen LogP contribution in [0, 0.1) is 11.8 Å². The van der Waals surface area contributed by atoms with Crippen molar-refractivity contribution in [3.05, 3.63) is 0 Å². The molecular weight excluding hydrogens is 336 g/mol. The van der Waals surface area contributed by atoms with Crippen LogP contribution >= 0.6 is 0 Å². The Morgan fingerprint density at radius 1 is 0.920 bits per heavy atom. The van der Waals surface area contributed by atoms with Crippen molar-refractivity contribution in [2.75, 3.05) is 5.75 Å². The molecule has 25 heavy (non-hydrogen) atoms. The van der Waals surface area contributed by atoms with E-state index in [2.05, 4.69) is 13.8 Å². The number of carbonyl (C=O) groups excluding carboxylic acids is 1. The molecule has 0 aliphatic heterocycles. The lowest BCUT2D eigenvalue weighted by molar-refractivity contribution is -0.157. The monoisotopic (exact) mass is 372 g/mol. The van der Waals surface area contributed by atoms with E-state index in [0.29, 0.717) is 31.4 Å². The molecule has 0 aromatic heterocycles. The van der Waals surface area contributed by atoms with Gasteiger partial charge in [0, 0.05) is 0 Å². The molecule has 4 nitrogen and oxygen atoms in total. The summed E-state index contributed by atoms with van der Waals surface area (Å²) in [4.78, 5) is 12.4. The summed E-state index contributed by atoms with van der Waals surface area (Å²) in [5.74, 6) is 1.12. The molecule has 2 aliphatic carbocycles. The molecule has 2 saturated carbocycles. The van der Waals surface area contributed by atoms with Crippen molar-refractivity contribution in [1.82, 2.24) is 0 Å². The van der Waals surface area contributed by atoms with E-state index in [1.807, 2.05) is 0 Å². The molecule has 2 fully saturated rings. The van der Waals surface area contributed by atoms with Crippen LogP contribution in [0.3, 0.4) is 0 Å². The normalized spacial score (nSPS) is 30.8. The van der Waals surface area contributed by atoms with Crippen LogP contribution in [-0.4, -0.2) is 31.5 Å². The van der Waals surface area contributed by atoms with Crippen LogP contribution in [0.15, 0.2) is 0 Å². The van der Waals surface area contributed by atoms with E-state index < -0.39 is 9.84 Å². The molecule has 0 atom stereocenters. The Labute approximate surface area is 154 Å². The highest BCUT2D eigenvalue weighted by Crippen LogP contribution is 2.33. The first-order valence-electron chi connectivity index (χ1n) is 10.4. The van der Waals surface area contributed by atoms with E-state index in [4.69, 9.17) is 4.74 Å². The molecule has 0 amide bonds. The van der Waals surface area contributed by atoms with Crippen LogP contribution in [0.1, 0.15) is 90.9 Å². The summed E-state index contributed by atoms with van der Waals surface area (Å²) in [6.45, 7) is 4.30. The quantitative estimate of drug-likeness (QED) is 0.459. The third kappa shape index (κ3) is 6.26. The van der Waals surface area contributed by atoms with Gasteiger partial charge in [-0.05, 0) is 63.7 Å². The predicted octanol–water partition coefficient (Wildman–Crippen LogP) is 4.66. The van der Waals surface area contributed by atoms with Gasteiger partial charge < -0.3 is 4.74 Å². The summed E-state index contributed by atoms with van der Waals surface area (Å²) >= 11 is 0. The zero-order valence-corrected chi connectivity index (χ0v) is 16.9. The number of hydrogen-bond donors (Lipinski definition) is 0. The second kappa shape index (κ2) is 9.94. The maximum atomic E-state index is 12.4. The summed E-state index contributed by atoms with van der Waals surface area (Å²) in [5.41, 5.74) is 0. The standard InChI is InChI=1S/C20H36O4S/c1-3-5-6-15-25(22,23)19-13-11-18(12-14-19)24-20(21)17-9-7-16(4-2)8-10-17/h16-19H,3-15H2,1-2H3. The molecule has 0 aromatic rings. The van der Waals surface area contributed by atoms with Gasteiger partial charge >= 0.3 is 5.97 Å². The van der Waals surface area contributed by atoms with Crippen molar-refractivity contribution in [1.29, 1.82) is 0 Å². The smallest absolute Gasteiger partial charge is 0.309 e. The van der Waals surface area contributed by atoms with Gasteiger partial charge in [0.15, 0.2) is 9.84 Å². The van der Waals surface area contributed by atoms with Crippen molar-refractivity contribution in [2.24, 2.45) is 11.8 Å². The Bertz CT molecular complexity index is 498.